The molecule has 112 valence electrons. The van der Waals surface area contributed by atoms with Crippen LogP contribution in [-0.2, 0) is 11.3 Å². The Bertz CT molecular complexity index is 742. The Kier molecular flexibility index (Phi) is 4.50. The highest BCUT2D eigenvalue weighted by Gasteiger charge is 2.03. The van der Waals surface area contributed by atoms with Gasteiger partial charge < -0.3 is 9.73 Å². The van der Waals surface area contributed by atoms with Gasteiger partial charge in [0, 0.05) is 34.8 Å². The Hall–Kier alpha value is -2.60. The molecule has 0 aliphatic carbocycles. The second-order valence-electron chi connectivity index (χ2n) is 4.64. The van der Waals surface area contributed by atoms with Crippen LogP contribution < -0.4 is 5.32 Å². The molecule has 0 fully saturated rings. The number of nitrogens with zero attached hydrogens (tertiary/aromatic N) is 2. The van der Waals surface area contributed by atoms with Crippen LogP contribution in [0, 0.1) is 0 Å². The monoisotopic (exact) mass is 313 g/mol. The van der Waals surface area contributed by atoms with Crippen molar-refractivity contribution >= 4 is 23.3 Å². The van der Waals surface area contributed by atoms with Crippen molar-refractivity contribution in [3.63, 3.8) is 0 Å². The van der Waals surface area contributed by atoms with Crippen LogP contribution in [0.2, 0.25) is 0 Å². The lowest BCUT2D eigenvalue weighted by atomic mass is 10.2. The van der Waals surface area contributed by atoms with E-state index in [1.165, 1.54) is 0 Å². The first-order chi connectivity index (χ1) is 10.8. The average molecular weight is 313 g/mol. The molecule has 0 saturated carbocycles. The van der Waals surface area contributed by atoms with E-state index >= 15 is 0 Å². The molecule has 0 aromatic carbocycles. The van der Waals surface area contributed by atoms with E-state index in [0.29, 0.717) is 13.1 Å². The van der Waals surface area contributed by atoms with Crippen molar-refractivity contribution in [2.24, 2.45) is 0 Å². The van der Waals surface area contributed by atoms with E-state index in [2.05, 4.69) is 10.4 Å². The molecular weight excluding hydrogens is 298 g/mol. The third kappa shape index (κ3) is 3.73. The number of hydrogen-bond donors (Lipinski definition) is 1. The maximum Gasteiger partial charge on any atom is 0.244 e. The van der Waals surface area contributed by atoms with E-state index in [-0.39, 0.29) is 5.91 Å². The highest BCUT2D eigenvalue weighted by molar-refractivity contribution is 7.10. The zero-order valence-corrected chi connectivity index (χ0v) is 12.6. The van der Waals surface area contributed by atoms with E-state index in [0.717, 1.165) is 16.0 Å². The number of amides is 1. The number of carbonyl (C=O) groups is 1. The molecule has 0 unspecified atom stereocenters. The van der Waals surface area contributed by atoms with Crippen LogP contribution in [0.4, 0.5) is 0 Å². The van der Waals surface area contributed by atoms with Crippen molar-refractivity contribution in [1.82, 2.24) is 15.1 Å². The van der Waals surface area contributed by atoms with Gasteiger partial charge in [0.2, 0.25) is 5.91 Å². The summed E-state index contributed by atoms with van der Waals surface area (Å²) in [6, 6.07) is 5.81. The molecule has 0 atom stereocenters. The largest absolute Gasteiger partial charge is 0.472 e. The van der Waals surface area contributed by atoms with Crippen molar-refractivity contribution in [3.8, 4) is 11.1 Å². The van der Waals surface area contributed by atoms with Crippen LogP contribution >= 0.6 is 11.3 Å². The topological polar surface area (TPSA) is 60.1 Å². The predicted molar refractivity (Wildman–Crippen MR) is 86.3 cm³/mol. The summed E-state index contributed by atoms with van der Waals surface area (Å²) in [6.45, 7) is 1.15. The van der Waals surface area contributed by atoms with Crippen LogP contribution in [0.15, 0.2) is 59.0 Å². The van der Waals surface area contributed by atoms with Crippen LogP contribution in [0.5, 0.6) is 0 Å². The van der Waals surface area contributed by atoms with Crippen LogP contribution in [0.25, 0.3) is 17.2 Å². The molecule has 3 rings (SSSR count). The molecule has 3 aromatic rings. The fourth-order valence-electron chi connectivity index (χ4n) is 1.96. The summed E-state index contributed by atoms with van der Waals surface area (Å²) >= 11 is 1.60. The van der Waals surface area contributed by atoms with Gasteiger partial charge in [-0.05, 0) is 23.6 Å². The first-order valence-electron chi connectivity index (χ1n) is 6.86. The molecular formula is C16H15N3O2S. The first kappa shape index (κ1) is 14.3. The smallest absolute Gasteiger partial charge is 0.244 e. The molecule has 6 heteroatoms. The van der Waals surface area contributed by atoms with Gasteiger partial charge in [0.1, 0.15) is 0 Å². The molecule has 5 nitrogen and oxygen atoms in total. The Labute approximate surface area is 131 Å². The van der Waals surface area contributed by atoms with Crippen molar-refractivity contribution in [2.75, 3.05) is 6.54 Å². The third-order valence-electron chi connectivity index (χ3n) is 3.07. The Morgan fingerprint density at radius 2 is 2.36 bits per heavy atom. The molecule has 3 aromatic heterocycles. The van der Waals surface area contributed by atoms with Crippen molar-refractivity contribution < 1.29 is 9.21 Å². The highest BCUT2D eigenvalue weighted by atomic mass is 32.1. The number of carbonyl (C=O) groups excluding carboxylic acids is 1. The number of hydrogen-bond acceptors (Lipinski definition) is 4. The molecule has 0 saturated heterocycles. The summed E-state index contributed by atoms with van der Waals surface area (Å²) in [4.78, 5) is 12.7. The highest BCUT2D eigenvalue weighted by Crippen LogP contribution is 2.18. The van der Waals surface area contributed by atoms with E-state index in [4.69, 9.17) is 4.42 Å². The van der Waals surface area contributed by atoms with Gasteiger partial charge in [0.25, 0.3) is 0 Å². The Morgan fingerprint density at radius 1 is 1.41 bits per heavy atom. The minimum Gasteiger partial charge on any atom is -0.472 e. The maximum atomic E-state index is 11.7. The van der Waals surface area contributed by atoms with Crippen LogP contribution in [0.1, 0.15) is 4.88 Å². The fraction of sp³-hybridized carbons (Fsp3) is 0.125. The normalized spacial score (nSPS) is 11.1. The zero-order valence-electron chi connectivity index (χ0n) is 11.8. The number of rotatable bonds is 6. The van der Waals surface area contributed by atoms with Crippen LogP contribution in [-0.4, -0.2) is 22.2 Å². The average Bonchev–Trinajstić information content (AvgIpc) is 3.26. The summed E-state index contributed by atoms with van der Waals surface area (Å²) in [5.74, 6) is -0.101. The fourth-order valence-corrected chi connectivity index (χ4v) is 2.58. The van der Waals surface area contributed by atoms with Crippen molar-refractivity contribution in [1.29, 1.82) is 0 Å². The van der Waals surface area contributed by atoms with Gasteiger partial charge in [-0.25, -0.2) is 0 Å². The Balaban J connectivity index is 1.46. The van der Waals surface area contributed by atoms with Gasteiger partial charge in [-0.1, -0.05) is 6.07 Å². The van der Waals surface area contributed by atoms with Gasteiger partial charge >= 0.3 is 0 Å². The quantitative estimate of drug-likeness (QED) is 0.712. The molecule has 0 aliphatic heterocycles. The first-order valence-corrected chi connectivity index (χ1v) is 7.74. The van der Waals surface area contributed by atoms with Crippen molar-refractivity contribution in [2.45, 2.75) is 6.54 Å². The molecule has 0 spiro atoms. The minimum absolute atomic E-state index is 0.101. The molecule has 0 aliphatic rings. The summed E-state index contributed by atoms with van der Waals surface area (Å²) in [7, 11) is 0. The zero-order chi connectivity index (χ0) is 15.2. The second kappa shape index (κ2) is 6.91. The van der Waals surface area contributed by atoms with Gasteiger partial charge in [-0.15, -0.1) is 11.3 Å². The van der Waals surface area contributed by atoms with Crippen molar-refractivity contribution in [3.05, 3.63) is 59.5 Å². The summed E-state index contributed by atoms with van der Waals surface area (Å²) in [5, 5.41) is 9.08. The number of nitrogens with one attached hydrogen (secondary N) is 1. The van der Waals surface area contributed by atoms with Gasteiger partial charge in [0.15, 0.2) is 0 Å². The summed E-state index contributed by atoms with van der Waals surface area (Å²) in [6.07, 6.45) is 10.4. The standard InChI is InChI=1S/C16H15N3O2S/c20-16(4-3-15-2-1-9-22-15)17-6-7-19-11-14(10-18-19)13-5-8-21-12-13/h1-5,8-12H,6-7H2,(H,17,20). The Morgan fingerprint density at radius 3 is 3.14 bits per heavy atom. The lowest BCUT2D eigenvalue weighted by molar-refractivity contribution is -0.116. The lowest BCUT2D eigenvalue weighted by Gasteiger charge is -2.02. The third-order valence-corrected chi connectivity index (χ3v) is 3.91. The van der Waals surface area contributed by atoms with Gasteiger partial charge in [0.05, 0.1) is 25.3 Å². The van der Waals surface area contributed by atoms with E-state index in [1.807, 2.05) is 35.9 Å². The number of thiophene rings is 1. The van der Waals surface area contributed by atoms with Gasteiger partial charge in [-0.2, -0.15) is 5.10 Å². The SMILES string of the molecule is O=C(C=Cc1cccs1)NCCn1cc(-c2ccoc2)cn1. The molecule has 1 N–H and O–H groups in total. The van der Waals surface area contributed by atoms with E-state index < -0.39 is 0 Å². The second-order valence-corrected chi connectivity index (χ2v) is 5.62. The van der Waals surface area contributed by atoms with E-state index in [1.54, 1.807) is 40.8 Å². The van der Waals surface area contributed by atoms with Crippen LogP contribution in [0.3, 0.4) is 0 Å². The molecule has 22 heavy (non-hydrogen) atoms. The molecule has 3 heterocycles. The molecule has 1 amide bonds. The molecule has 0 bridgehead atoms. The summed E-state index contributed by atoms with van der Waals surface area (Å²) in [5.41, 5.74) is 1.99. The lowest BCUT2D eigenvalue weighted by Crippen LogP contribution is -2.25. The number of aromatic nitrogens is 2. The molecule has 0 radical (unpaired) electrons. The van der Waals surface area contributed by atoms with E-state index in [9.17, 15) is 4.79 Å². The summed E-state index contributed by atoms with van der Waals surface area (Å²) < 4.78 is 6.84. The minimum atomic E-state index is -0.101. The predicted octanol–water partition coefficient (Wildman–Crippen LogP) is 3.03. The van der Waals surface area contributed by atoms with Gasteiger partial charge in [-0.3, -0.25) is 9.48 Å². The number of furan rings is 1. The maximum absolute atomic E-state index is 11.7.